The highest BCUT2D eigenvalue weighted by Crippen LogP contribution is 2.45. The Morgan fingerprint density at radius 2 is 2.15 bits per heavy atom. The average molecular weight is 353 g/mol. The van der Waals surface area contributed by atoms with Crippen molar-refractivity contribution in [1.82, 2.24) is 9.97 Å². The van der Waals surface area contributed by atoms with E-state index in [1.54, 1.807) is 12.1 Å². The lowest BCUT2D eigenvalue weighted by Crippen LogP contribution is -2.37. The lowest BCUT2D eigenvalue weighted by molar-refractivity contribution is 0.0697. The van der Waals surface area contributed by atoms with Gasteiger partial charge in [-0.25, -0.2) is 9.78 Å². The molecule has 136 valence electrons. The van der Waals surface area contributed by atoms with Crippen molar-refractivity contribution in [2.45, 2.75) is 44.6 Å². The van der Waals surface area contributed by atoms with Crippen LogP contribution in [0.1, 0.15) is 52.9 Å². The summed E-state index contributed by atoms with van der Waals surface area (Å²) in [6.45, 7) is 3.08. The number of carboxylic acid groups (broad SMARTS) is 1. The van der Waals surface area contributed by atoms with E-state index in [1.807, 2.05) is 6.07 Å². The molecule has 0 spiro atoms. The molecule has 0 fully saturated rings. The summed E-state index contributed by atoms with van der Waals surface area (Å²) in [6, 6.07) is 5.67. The molecule has 0 saturated heterocycles. The van der Waals surface area contributed by atoms with Crippen LogP contribution in [0.3, 0.4) is 0 Å². The van der Waals surface area contributed by atoms with E-state index in [4.69, 9.17) is 11.5 Å². The van der Waals surface area contributed by atoms with Crippen LogP contribution in [0.15, 0.2) is 18.2 Å². The van der Waals surface area contributed by atoms with Crippen LogP contribution >= 0.6 is 0 Å². The van der Waals surface area contributed by atoms with Gasteiger partial charge in [-0.05, 0) is 49.4 Å². The topological polar surface area (TPSA) is 118 Å². The fourth-order valence-corrected chi connectivity index (χ4v) is 4.53. The minimum atomic E-state index is -0.891. The number of aryl methyl sites for hydroxylation is 1. The lowest BCUT2D eigenvalue weighted by atomic mass is 9.91. The Labute approximate surface area is 152 Å². The van der Waals surface area contributed by atoms with Crippen molar-refractivity contribution in [2.75, 3.05) is 22.9 Å². The first kappa shape index (κ1) is 16.6. The summed E-state index contributed by atoms with van der Waals surface area (Å²) < 4.78 is 0. The third kappa shape index (κ3) is 2.55. The van der Waals surface area contributed by atoms with Crippen molar-refractivity contribution in [3.05, 3.63) is 40.6 Å². The highest BCUT2D eigenvalue weighted by molar-refractivity contribution is 5.89. The molecule has 5 N–H and O–H groups in total. The van der Waals surface area contributed by atoms with Crippen molar-refractivity contribution in [1.29, 1.82) is 0 Å². The van der Waals surface area contributed by atoms with E-state index in [0.29, 0.717) is 11.4 Å². The van der Waals surface area contributed by atoms with Crippen molar-refractivity contribution >= 4 is 23.4 Å². The first-order chi connectivity index (χ1) is 12.5. The number of nitrogens with two attached hydrogens (primary N) is 2. The van der Waals surface area contributed by atoms with Gasteiger partial charge in [0, 0.05) is 29.8 Å². The van der Waals surface area contributed by atoms with Crippen LogP contribution in [0.2, 0.25) is 0 Å². The maximum absolute atomic E-state index is 11.3. The van der Waals surface area contributed by atoms with Crippen molar-refractivity contribution in [3.63, 3.8) is 0 Å². The number of nitrogen functional groups attached to an aromatic ring is 2. The molecule has 0 radical (unpaired) electrons. The van der Waals surface area contributed by atoms with Crippen LogP contribution in [0.4, 0.5) is 17.5 Å². The van der Waals surface area contributed by atoms with Gasteiger partial charge >= 0.3 is 5.97 Å². The number of aromatic nitrogens is 2. The van der Waals surface area contributed by atoms with E-state index in [1.165, 1.54) is 0 Å². The predicted molar refractivity (Wildman–Crippen MR) is 100 cm³/mol. The molecular weight excluding hydrogens is 330 g/mol. The Balaban J connectivity index is 1.73. The molecule has 0 bridgehead atoms. The van der Waals surface area contributed by atoms with Crippen LogP contribution < -0.4 is 16.4 Å². The molecule has 4 rings (SSSR count). The van der Waals surface area contributed by atoms with Crippen LogP contribution in [0, 0.1) is 0 Å². The van der Waals surface area contributed by atoms with Gasteiger partial charge in [-0.1, -0.05) is 6.92 Å². The zero-order chi connectivity index (χ0) is 18.4. The normalized spacial score (nSPS) is 20.9. The summed E-state index contributed by atoms with van der Waals surface area (Å²) in [5, 5.41) is 9.30. The first-order valence-electron chi connectivity index (χ1n) is 9.04. The van der Waals surface area contributed by atoms with Crippen LogP contribution in [0.5, 0.6) is 0 Å². The summed E-state index contributed by atoms with van der Waals surface area (Å²) in [7, 11) is 0. The van der Waals surface area contributed by atoms with E-state index in [-0.39, 0.29) is 17.9 Å². The summed E-state index contributed by atoms with van der Waals surface area (Å²) in [5.41, 5.74) is 16.5. The van der Waals surface area contributed by atoms with Crippen LogP contribution in [0.25, 0.3) is 0 Å². The number of hydrogen-bond acceptors (Lipinski definition) is 6. The number of carboxylic acids is 1. The Morgan fingerprint density at radius 3 is 2.88 bits per heavy atom. The number of nitrogens with zero attached hydrogens (tertiary/aromatic N) is 3. The molecule has 2 aromatic rings. The number of rotatable bonds is 4. The minimum absolute atomic E-state index is 0.230. The van der Waals surface area contributed by atoms with Gasteiger partial charge in [0.15, 0.2) is 0 Å². The zero-order valence-electron chi connectivity index (χ0n) is 14.8. The van der Waals surface area contributed by atoms with Gasteiger partial charge in [-0.2, -0.15) is 4.98 Å². The molecule has 1 aromatic carbocycles. The molecule has 2 unspecified atom stereocenters. The number of aromatic carboxylic acids is 1. The molecule has 7 heteroatoms. The predicted octanol–water partition coefficient (Wildman–Crippen LogP) is 2.21. The van der Waals surface area contributed by atoms with E-state index in [0.717, 1.165) is 54.7 Å². The van der Waals surface area contributed by atoms with Gasteiger partial charge in [-0.15, -0.1) is 0 Å². The minimum Gasteiger partial charge on any atom is -0.478 e. The maximum Gasteiger partial charge on any atom is 0.335 e. The summed E-state index contributed by atoms with van der Waals surface area (Å²) >= 11 is 0. The number of anilines is 3. The number of carbonyl (C=O) groups is 1. The van der Waals surface area contributed by atoms with Gasteiger partial charge in [-0.3, -0.25) is 0 Å². The van der Waals surface area contributed by atoms with E-state index in [2.05, 4.69) is 21.8 Å². The van der Waals surface area contributed by atoms with Gasteiger partial charge in [0.25, 0.3) is 0 Å². The van der Waals surface area contributed by atoms with Gasteiger partial charge in [0.1, 0.15) is 5.82 Å². The molecule has 1 aliphatic heterocycles. The van der Waals surface area contributed by atoms with Crippen molar-refractivity contribution in [2.24, 2.45) is 0 Å². The molecule has 0 amide bonds. The molecular formula is C19H23N5O2. The Morgan fingerprint density at radius 1 is 1.35 bits per heavy atom. The summed E-state index contributed by atoms with van der Waals surface area (Å²) in [6.07, 6.45) is 3.64. The largest absolute Gasteiger partial charge is 0.478 e. The molecule has 2 atom stereocenters. The second kappa shape index (κ2) is 6.16. The fourth-order valence-electron chi connectivity index (χ4n) is 4.53. The molecule has 7 nitrogen and oxygen atoms in total. The third-order valence-corrected chi connectivity index (χ3v) is 5.53. The van der Waals surface area contributed by atoms with Crippen molar-refractivity contribution in [3.8, 4) is 0 Å². The quantitative estimate of drug-likeness (QED) is 0.771. The Hall–Kier alpha value is -2.83. The van der Waals surface area contributed by atoms with E-state index in [9.17, 15) is 9.90 Å². The van der Waals surface area contributed by atoms with Crippen LogP contribution in [-0.2, 0) is 12.8 Å². The molecule has 26 heavy (non-hydrogen) atoms. The molecule has 2 aliphatic rings. The fraction of sp³-hybridized carbons (Fsp3) is 0.421. The van der Waals surface area contributed by atoms with Gasteiger partial charge in [0.2, 0.25) is 5.95 Å². The number of benzene rings is 1. The Kier molecular flexibility index (Phi) is 3.94. The number of hydrogen-bond donors (Lipinski definition) is 3. The SMILES string of the molecule is CCCN1c2ccc(C(=O)O)cc2CC1C1CCc2nc(N)nc(N)c21. The van der Waals surface area contributed by atoms with Gasteiger partial charge in [0.05, 0.1) is 11.3 Å². The third-order valence-electron chi connectivity index (χ3n) is 5.53. The Bertz CT molecular complexity index is 882. The molecule has 0 saturated carbocycles. The van der Waals surface area contributed by atoms with E-state index >= 15 is 0 Å². The standard InChI is InChI=1S/C19H23N5O2/c1-2-7-24-14-6-3-10(18(25)26)8-11(14)9-15(24)12-4-5-13-16(12)17(20)23-19(21)22-13/h3,6,8,12,15H,2,4-5,7,9H2,1H3,(H,25,26)(H4,20,21,22,23). The highest BCUT2D eigenvalue weighted by Gasteiger charge is 2.40. The second-order valence-electron chi connectivity index (χ2n) is 7.09. The van der Waals surface area contributed by atoms with Gasteiger partial charge < -0.3 is 21.5 Å². The average Bonchev–Trinajstić information content (AvgIpc) is 3.16. The lowest BCUT2D eigenvalue weighted by Gasteiger charge is -2.32. The second-order valence-corrected chi connectivity index (χ2v) is 7.09. The zero-order valence-corrected chi connectivity index (χ0v) is 14.8. The smallest absolute Gasteiger partial charge is 0.335 e. The monoisotopic (exact) mass is 353 g/mol. The highest BCUT2D eigenvalue weighted by atomic mass is 16.4. The maximum atomic E-state index is 11.3. The van der Waals surface area contributed by atoms with Crippen molar-refractivity contribution < 1.29 is 9.90 Å². The molecule has 1 aliphatic carbocycles. The first-order valence-corrected chi connectivity index (χ1v) is 9.04. The van der Waals surface area contributed by atoms with Crippen LogP contribution in [-0.4, -0.2) is 33.6 Å². The molecule has 2 heterocycles. The molecule has 1 aromatic heterocycles. The number of fused-ring (bicyclic) bond motifs is 2. The van der Waals surface area contributed by atoms with E-state index < -0.39 is 5.97 Å². The summed E-state index contributed by atoms with van der Waals surface area (Å²) in [4.78, 5) is 22.3. The summed E-state index contributed by atoms with van der Waals surface area (Å²) in [5.74, 6) is 0.0530.